The highest BCUT2D eigenvalue weighted by Crippen LogP contribution is 2.37. The third-order valence-corrected chi connectivity index (χ3v) is 2.83. The van der Waals surface area contributed by atoms with Crippen LogP contribution < -0.4 is 4.74 Å². The summed E-state index contributed by atoms with van der Waals surface area (Å²) in [5.41, 5.74) is 2.75. The number of aryl methyl sites for hydroxylation is 1. The van der Waals surface area contributed by atoms with E-state index in [1.807, 2.05) is 0 Å². The second-order valence-electron chi connectivity index (χ2n) is 5.52. The lowest BCUT2D eigenvalue weighted by Gasteiger charge is -2.24. The monoisotopic (exact) mass is 204 g/mol. The van der Waals surface area contributed by atoms with Gasteiger partial charge in [0.15, 0.2) is 0 Å². The molecule has 1 heteroatoms. The first-order valence-electron chi connectivity index (χ1n) is 5.75. The third kappa shape index (κ3) is 2.34. The summed E-state index contributed by atoms with van der Waals surface area (Å²) in [6.45, 7) is 8.84. The first kappa shape index (κ1) is 10.5. The molecule has 0 amide bonds. The van der Waals surface area contributed by atoms with E-state index in [9.17, 15) is 0 Å². The maximum atomic E-state index is 6.01. The summed E-state index contributed by atoms with van der Waals surface area (Å²) in [5.74, 6) is 1.12. The molecule has 0 heterocycles. The fourth-order valence-corrected chi connectivity index (χ4v) is 1.75. The van der Waals surface area contributed by atoms with E-state index in [0.717, 1.165) is 5.75 Å². The zero-order valence-electron chi connectivity index (χ0n) is 10.1. The lowest BCUT2D eigenvalue weighted by atomic mass is 9.85. The van der Waals surface area contributed by atoms with Gasteiger partial charge in [-0.15, -0.1) is 0 Å². The zero-order chi connectivity index (χ0) is 11.1. The van der Waals surface area contributed by atoms with Crippen molar-refractivity contribution in [1.82, 2.24) is 0 Å². The van der Waals surface area contributed by atoms with Crippen molar-refractivity contribution >= 4 is 0 Å². The van der Waals surface area contributed by atoms with E-state index in [2.05, 4.69) is 45.9 Å². The van der Waals surface area contributed by atoms with Crippen LogP contribution in [-0.4, -0.2) is 6.10 Å². The molecule has 1 aliphatic carbocycles. The fourth-order valence-electron chi connectivity index (χ4n) is 1.75. The molecule has 1 fully saturated rings. The summed E-state index contributed by atoms with van der Waals surface area (Å²) < 4.78 is 6.01. The predicted molar refractivity (Wildman–Crippen MR) is 63.5 cm³/mol. The highest BCUT2D eigenvalue weighted by molar-refractivity contribution is 5.44. The van der Waals surface area contributed by atoms with Crippen LogP contribution in [0.5, 0.6) is 5.75 Å². The maximum Gasteiger partial charge on any atom is 0.126 e. The minimum absolute atomic E-state index is 0.163. The van der Waals surface area contributed by atoms with Gasteiger partial charge in [0.25, 0.3) is 0 Å². The fraction of sp³-hybridized carbons (Fsp3) is 0.571. The van der Waals surface area contributed by atoms with Crippen LogP contribution in [0.4, 0.5) is 0 Å². The Balaban J connectivity index is 2.38. The molecule has 0 N–H and O–H groups in total. The van der Waals surface area contributed by atoms with Crippen LogP contribution in [0.2, 0.25) is 0 Å². The van der Waals surface area contributed by atoms with E-state index < -0.39 is 0 Å². The summed E-state index contributed by atoms with van der Waals surface area (Å²) in [6.07, 6.45) is 2.92. The van der Waals surface area contributed by atoms with E-state index in [4.69, 9.17) is 4.74 Å². The molecule has 2 rings (SSSR count). The van der Waals surface area contributed by atoms with E-state index in [1.165, 1.54) is 24.0 Å². The standard InChI is InChI=1S/C14H20O/c1-10-6-5-7-12(14(2,3)4)13(10)15-11-8-9-11/h5-7,11H,8-9H2,1-4H3. The topological polar surface area (TPSA) is 9.23 Å². The molecule has 0 radical (unpaired) electrons. The molecule has 0 unspecified atom stereocenters. The molecule has 1 aliphatic rings. The summed E-state index contributed by atoms with van der Waals surface area (Å²) in [4.78, 5) is 0. The molecular formula is C14H20O. The first-order valence-corrected chi connectivity index (χ1v) is 5.75. The smallest absolute Gasteiger partial charge is 0.126 e. The number of ether oxygens (including phenoxy) is 1. The highest BCUT2D eigenvalue weighted by Gasteiger charge is 2.27. The molecule has 0 aromatic heterocycles. The van der Waals surface area contributed by atoms with Crippen molar-refractivity contribution in [3.8, 4) is 5.75 Å². The Morgan fingerprint density at radius 3 is 2.40 bits per heavy atom. The molecule has 0 aliphatic heterocycles. The Labute approximate surface area is 92.5 Å². The molecule has 15 heavy (non-hydrogen) atoms. The van der Waals surface area contributed by atoms with Gasteiger partial charge in [0.2, 0.25) is 0 Å². The minimum atomic E-state index is 0.163. The lowest BCUT2D eigenvalue weighted by Crippen LogP contribution is -2.14. The van der Waals surface area contributed by atoms with Gasteiger partial charge in [0, 0.05) is 0 Å². The van der Waals surface area contributed by atoms with Crippen molar-refractivity contribution < 1.29 is 4.74 Å². The quantitative estimate of drug-likeness (QED) is 0.711. The van der Waals surface area contributed by atoms with E-state index >= 15 is 0 Å². The average Bonchev–Trinajstić information content (AvgIpc) is 2.90. The third-order valence-electron chi connectivity index (χ3n) is 2.83. The van der Waals surface area contributed by atoms with Gasteiger partial charge in [-0.3, -0.25) is 0 Å². The van der Waals surface area contributed by atoms with Gasteiger partial charge in [-0.1, -0.05) is 39.0 Å². The van der Waals surface area contributed by atoms with Crippen molar-refractivity contribution in [3.63, 3.8) is 0 Å². The summed E-state index contributed by atoms with van der Waals surface area (Å²) in [5, 5.41) is 0. The normalized spacial score (nSPS) is 16.5. The summed E-state index contributed by atoms with van der Waals surface area (Å²) >= 11 is 0. The van der Waals surface area contributed by atoms with E-state index in [0.29, 0.717) is 6.10 Å². The van der Waals surface area contributed by atoms with Gasteiger partial charge in [-0.2, -0.15) is 0 Å². The number of hydrogen-bond acceptors (Lipinski definition) is 1. The second-order valence-corrected chi connectivity index (χ2v) is 5.52. The molecule has 0 spiro atoms. The molecule has 0 atom stereocenters. The van der Waals surface area contributed by atoms with Crippen LogP contribution in [-0.2, 0) is 5.41 Å². The van der Waals surface area contributed by atoms with Crippen LogP contribution in [0.1, 0.15) is 44.7 Å². The highest BCUT2D eigenvalue weighted by atomic mass is 16.5. The van der Waals surface area contributed by atoms with Crippen LogP contribution >= 0.6 is 0 Å². The Morgan fingerprint density at radius 2 is 1.87 bits per heavy atom. The van der Waals surface area contributed by atoms with Crippen molar-refractivity contribution in [2.24, 2.45) is 0 Å². The lowest BCUT2D eigenvalue weighted by molar-refractivity contribution is 0.292. The molecule has 1 aromatic carbocycles. The van der Waals surface area contributed by atoms with Crippen molar-refractivity contribution in [3.05, 3.63) is 29.3 Å². The number of para-hydroxylation sites is 1. The van der Waals surface area contributed by atoms with Gasteiger partial charge in [0.1, 0.15) is 5.75 Å². The van der Waals surface area contributed by atoms with Gasteiger partial charge < -0.3 is 4.74 Å². The molecular weight excluding hydrogens is 184 g/mol. The first-order chi connectivity index (χ1) is 6.98. The van der Waals surface area contributed by atoms with Crippen LogP contribution in [0.15, 0.2) is 18.2 Å². The molecule has 1 nitrogen and oxygen atoms in total. The Morgan fingerprint density at radius 1 is 1.20 bits per heavy atom. The van der Waals surface area contributed by atoms with E-state index in [1.54, 1.807) is 0 Å². The Bertz CT molecular complexity index is 356. The van der Waals surface area contributed by atoms with Crippen LogP contribution in [0.25, 0.3) is 0 Å². The molecule has 82 valence electrons. The molecule has 0 bridgehead atoms. The van der Waals surface area contributed by atoms with Gasteiger partial charge in [-0.05, 0) is 36.3 Å². The van der Waals surface area contributed by atoms with Crippen molar-refractivity contribution in [2.45, 2.75) is 52.1 Å². The van der Waals surface area contributed by atoms with Crippen LogP contribution in [0.3, 0.4) is 0 Å². The second kappa shape index (κ2) is 3.55. The maximum absolute atomic E-state index is 6.01. The van der Waals surface area contributed by atoms with Gasteiger partial charge in [-0.25, -0.2) is 0 Å². The number of hydrogen-bond donors (Lipinski definition) is 0. The van der Waals surface area contributed by atoms with Gasteiger partial charge in [0.05, 0.1) is 6.10 Å². The number of benzene rings is 1. The average molecular weight is 204 g/mol. The summed E-state index contributed by atoms with van der Waals surface area (Å²) in [7, 11) is 0. The molecule has 1 aromatic rings. The molecule has 0 saturated heterocycles. The zero-order valence-corrected chi connectivity index (χ0v) is 10.1. The molecule has 1 saturated carbocycles. The predicted octanol–water partition coefficient (Wildman–Crippen LogP) is 3.83. The van der Waals surface area contributed by atoms with Crippen molar-refractivity contribution in [1.29, 1.82) is 0 Å². The number of rotatable bonds is 2. The van der Waals surface area contributed by atoms with E-state index in [-0.39, 0.29) is 5.41 Å². The minimum Gasteiger partial charge on any atom is -0.490 e. The summed E-state index contributed by atoms with van der Waals surface area (Å²) in [6, 6.07) is 6.44. The van der Waals surface area contributed by atoms with Crippen molar-refractivity contribution in [2.75, 3.05) is 0 Å². The Hall–Kier alpha value is -0.980. The van der Waals surface area contributed by atoms with Gasteiger partial charge >= 0.3 is 0 Å². The Kier molecular flexibility index (Phi) is 2.49. The SMILES string of the molecule is Cc1cccc(C(C)(C)C)c1OC1CC1. The largest absolute Gasteiger partial charge is 0.490 e. The van der Waals surface area contributed by atoms with Crippen LogP contribution in [0, 0.1) is 6.92 Å².